The van der Waals surface area contributed by atoms with Crippen molar-refractivity contribution in [3.05, 3.63) is 52.2 Å². The zero-order chi connectivity index (χ0) is 22.3. The Morgan fingerprint density at radius 3 is 2.94 bits per heavy atom. The van der Waals surface area contributed by atoms with E-state index in [1.165, 1.54) is 15.9 Å². The highest BCUT2D eigenvalue weighted by atomic mass is 32.1. The number of piperidine rings is 1. The van der Waals surface area contributed by atoms with Crippen LogP contribution in [0.2, 0.25) is 0 Å². The molecule has 1 aliphatic rings. The Bertz CT molecular complexity index is 1300. The van der Waals surface area contributed by atoms with Crippen LogP contribution in [0.3, 0.4) is 0 Å². The molecule has 3 N–H and O–H groups in total. The largest absolute Gasteiger partial charge is 0.356 e. The lowest BCUT2D eigenvalue weighted by Crippen LogP contribution is -2.38. The summed E-state index contributed by atoms with van der Waals surface area (Å²) < 4.78 is 30.3. The lowest BCUT2D eigenvalue weighted by Gasteiger charge is -2.24. The van der Waals surface area contributed by atoms with Crippen molar-refractivity contribution in [3.8, 4) is 16.4 Å². The maximum Gasteiger partial charge on any atom is 0.281 e. The summed E-state index contributed by atoms with van der Waals surface area (Å²) >= 11 is 1.33. The highest BCUT2D eigenvalue weighted by Crippen LogP contribution is 2.37. The van der Waals surface area contributed by atoms with Gasteiger partial charge in [-0.15, -0.1) is 11.3 Å². The van der Waals surface area contributed by atoms with Gasteiger partial charge in [-0.25, -0.2) is 23.7 Å². The van der Waals surface area contributed by atoms with E-state index < -0.39 is 5.92 Å². The predicted octanol–water partition coefficient (Wildman–Crippen LogP) is 3.51. The highest BCUT2D eigenvalue weighted by molar-refractivity contribution is 7.12. The molecule has 0 spiro atoms. The second kappa shape index (κ2) is 8.06. The summed E-state index contributed by atoms with van der Waals surface area (Å²) in [4.78, 5) is 28.7. The van der Waals surface area contributed by atoms with Crippen LogP contribution in [0.1, 0.15) is 25.3 Å². The molecule has 166 valence electrons. The topological polar surface area (TPSA) is 101 Å². The average molecular weight is 458 g/mol. The fraction of sp³-hybridized carbons (Fsp3) is 0.333. The van der Waals surface area contributed by atoms with Crippen molar-refractivity contribution < 1.29 is 8.78 Å². The second-order valence-electron chi connectivity index (χ2n) is 7.83. The van der Waals surface area contributed by atoms with Gasteiger partial charge in [0.2, 0.25) is 5.95 Å². The van der Waals surface area contributed by atoms with Gasteiger partial charge in [0.15, 0.2) is 5.13 Å². The third kappa shape index (κ3) is 3.78. The number of rotatable bonds is 5. The maximum absolute atomic E-state index is 14.4. The molecule has 5 heterocycles. The van der Waals surface area contributed by atoms with Crippen LogP contribution in [0.4, 0.5) is 14.7 Å². The van der Waals surface area contributed by atoms with Gasteiger partial charge in [0.05, 0.1) is 11.3 Å². The summed E-state index contributed by atoms with van der Waals surface area (Å²) in [6.45, 7) is 2.53. The fourth-order valence-corrected chi connectivity index (χ4v) is 4.56. The molecule has 32 heavy (non-hydrogen) atoms. The molecule has 1 atom stereocenters. The van der Waals surface area contributed by atoms with Crippen LogP contribution in [0, 0.1) is 0 Å². The molecule has 0 aliphatic carbocycles. The molecule has 1 unspecified atom stereocenters. The SMILES string of the molecule is CC(F)(F)c1cnc(NC2CCCNC2)nc1-c1c[nH]c2c(=O)n(-c3nccs3)ccc12. The van der Waals surface area contributed by atoms with Crippen LogP contribution in [0.5, 0.6) is 0 Å². The van der Waals surface area contributed by atoms with Crippen LogP contribution in [0.25, 0.3) is 27.3 Å². The summed E-state index contributed by atoms with van der Waals surface area (Å²) in [6.07, 6.45) is 7.88. The third-order valence-corrected chi connectivity index (χ3v) is 6.29. The summed E-state index contributed by atoms with van der Waals surface area (Å²) in [5.74, 6) is -2.87. The van der Waals surface area contributed by atoms with Crippen LogP contribution < -0.4 is 16.2 Å². The molecule has 11 heteroatoms. The smallest absolute Gasteiger partial charge is 0.281 e. The maximum atomic E-state index is 14.4. The fourth-order valence-electron chi connectivity index (χ4n) is 3.94. The molecular weight excluding hydrogens is 436 g/mol. The number of nitrogens with one attached hydrogen (secondary N) is 3. The lowest BCUT2D eigenvalue weighted by molar-refractivity contribution is 0.0174. The van der Waals surface area contributed by atoms with Gasteiger partial charge in [-0.2, -0.15) is 0 Å². The summed E-state index contributed by atoms with van der Waals surface area (Å²) in [5.41, 5.74) is 0.209. The number of aromatic nitrogens is 5. The molecule has 0 saturated carbocycles. The molecule has 5 rings (SSSR count). The van der Waals surface area contributed by atoms with Crippen LogP contribution in [0.15, 0.2) is 41.0 Å². The number of nitrogens with zero attached hydrogens (tertiary/aromatic N) is 4. The minimum absolute atomic E-state index is 0.0939. The number of H-pyrrole nitrogens is 1. The molecule has 0 amide bonds. The van der Waals surface area contributed by atoms with E-state index in [0.717, 1.165) is 39.1 Å². The van der Waals surface area contributed by atoms with E-state index in [2.05, 4.69) is 30.6 Å². The van der Waals surface area contributed by atoms with E-state index in [0.29, 0.717) is 21.6 Å². The predicted molar refractivity (Wildman–Crippen MR) is 120 cm³/mol. The van der Waals surface area contributed by atoms with Crippen molar-refractivity contribution in [2.75, 3.05) is 18.4 Å². The molecule has 1 saturated heterocycles. The first-order valence-corrected chi connectivity index (χ1v) is 11.2. The number of pyridine rings is 1. The summed E-state index contributed by atoms with van der Waals surface area (Å²) in [7, 11) is 0. The Hall–Kier alpha value is -3.18. The first-order valence-electron chi connectivity index (χ1n) is 10.3. The van der Waals surface area contributed by atoms with Crippen molar-refractivity contribution in [2.45, 2.75) is 31.7 Å². The number of aromatic amines is 1. The first kappa shape index (κ1) is 20.7. The molecule has 8 nitrogen and oxygen atoms in total. The van der Waals surface area contributed by atoms with E-state index in [4.69, 9.17) is 0 Å². The Morgan fingerprint density at radius 2 is 2.22 bits per heavy atom. The van der Waals surface area contributed by atoms with Gasteiger partial charge in [-0.1, -0.05) is 0 Å². The molecule has 1 aliphatic heterocycles. The summed E-state index contributed by atoms with van der Waals surface area (Å²) in [6, 6.07) is 1.83. The Kier molecular flexibility index (Phi) is 5.22. The molecule has 0 radical (unpaired) electrons. The number of thiazole rings is 1. The number of hydrogen-bond acceptors (Lipinski definition) is 7. The standard InChI is InChI=1S/C21H21F2N7OS/c1-21(22,23)15-11-27-19(28-12-3-2-5-24-9-12)29-16(15)14-10-26-17-13(14)4-7-30(18(17)31)20-25-6-8-32-20/h4,6-8,10-12,24,26H,2-3,5,9H2,1H3,(H,27,28,29). The Morgan fingerprint density at radius 1 is 1.34 bits per heavy atom. The van der Waals surface area contributed by atoms with Crippen molar-refractivity contribution in [3.63, 3.8) is 0 Å². The van der Waals surface area contributed by atoms with E-state index in [1.54, 1.807) is 30.0 Å². The Labute approximate surface area is 185 Å². The number of fused-ring (bicyclic) bond motifs is 1. The molecule has 4 aromatic rings. The lowest BCUT2D eigenvalue weighted by atomic mass is 10.0. The van der Waals surface area contributed by atoms with Gasteiger partial charge in [0.25, 0.3) is 11.5 Å². The van der Waals surface area contributed by atoms with Crippen LogP contribution in [-0.2, 0) is 5.92 Å². The highest BCUT2D eigenvalue weighted by Gasteiger charge is 2.31. The van der Waals surface area contributed by atoms with E-state index in [9.17, 15) is 13.6 Å². The van der Waals surface area contributed by atoms with Crippen LogP contribution >= 0.6 is 11.3 Å². The van der Waals surface area contributed by atoms with Crippen molar-refractivity contribution in [2.24, 2.45) is 0 Å². The molecular formula is C21H21F2N7OS. The van der Waals surface area contributed by atoms with Crippen molar-refractivity contribution in [1.82, 2.24) is 29.8 Å². The average Bonchev–Trinajstić information content (AvgIpc) is 3.44. The normalized spacial score (nSPS) is 17.0. The van der Waals surface area contributed by atoms with E-state index in [1.807, 2.05) is 0 Å². The summed E-state index contributed by atoms with van der Waals surface area (Å²) in [5, 5.41) is 9.35. The third-order valence-electron chi connectivity index (χ3n) is 5.52. The van der Waals surface area contributed by atoms with Gasteiger partial charge in [0, 0.05) is 60.6 Å². The number of anilines is 1. The van der Waals surface area contributed by atoms with Gasteiger partial charge in [0.1, 0.15) is 5.52 Å². The quantitative estimate of drug-likeness (QED) is 0.424. The molecule has 4 aromatic heterocycles. The minimum Gasteiger partial charge on any atom is -0.356 e. The number of hydrogen-bond donors (Lipinski definition) is 3. The monoisotopic (exact) mass is 457 g/mol. The van der Waals surface area contributed by atoms with Gasteiger partial charge < -0.3 is 15.6 Å². The van der Waals surface area contributed by atoms with Gasteiger partial charge in [-0.3, -0.25) is 9.36 Å². The number of halogens is 2. The van der Waals surface area contributed by atoms with Crippen molar-refractivity contribution in [1.29, 1.82) is 0 Å². The zero-order valence-corrected chi connectivity index (χ0v) is 18.0. The van der Waals surface area contributed by atoms with Gasteiger partial charge in [-0.05, 0) is 25.5 Å². The molecule has 0 aromatic carbocycles. The molecule has 0 bridgehead atoms. The van der Waals surface area contributed by atoms with Gasteiger partial charge >= 0.3 is 0 Å². The first-order chi connectivity index (χ1) is 15.4. The van der Waals surface area contributed by atoms with Crippen LogP contribution in [-0.4, -0.2) is 43.6 Å². The zero-order valence-electron chi connectivity index (χ0n) is 17.2. The van der Waals surface area contributed by atoms with Crippen molar-refractivity contribution >= 4 is 28.2 Å². The minimum atomic E-state index is -3.15. The Balaban J connectivity index is 1.61. The molecule has 1 fully saturated rings. The van der Waals surface area contributed by atoms with E-state index >= 15 is 0 Å². The number of alkyl halides is 2. The van der Waals surface area contributed by atoms with E-state index in [-0.39, 0.29) is 28.8 Å². The second-order valence-corrected chi connectivity index (χ2v) is 8.70.